The predicted octanol–water partition coefficient (Wildman–Crippen LogP) is 3.51. The Morgan fingerprint density at radius 1 is 0.964 bits per heavy atom. The molecule has 5 heteroatoms. The van der Waals surface area contributed by atoms with Gasteiger partial charge in [-0.3, -0.25) is 4.90 Å². The molecule has 1 heterocycles. The first-order valence-corrected chi connectivity index (χ1v) is 10.1. The molecule has 3 rings (SSSR count). The molecular weight excluding hydrogens is 354 g/mol. The number of hydrogen-bond donors (Lipinski definition) is 1. The molecular formula is C23H31NO4. The van der Waals surface area contributed by atoms with Crippen LogP contribution < -0.4 is 9.47 Å². The average Bonchev–Trinajstić information content (AvgIpc) is 2.72. The summed E-state index contributed by atoms with van der Waals surface area (Å²) in [5.41, 5.74) is 0.404. The molecule has 2 aromatic rings. The van der Waals surface area contributed by atoms with Crippen molar-refractivity contribution in [1.29, 1.82) is 0 Å². The Bertz CT molecular complexity index is 692. The van der Waals surface area contributed by atoms with Gasteiger partial charge < -0.3 is 19.3 Å². The summed E-state index contributed by atoms with van der Waals surface area (Å²) in [6, 6.07) is 17.8. The third-order valence-electron chi connectivity index (χ3n) is 4.92. The molecule has 0 unspecified atom stereocenters. The van der Waals surface area contributed by atoms with Gasteiger partial charge in [-0.05, 0) is 56.1 Å². The highest BCUT2D eigenvalue weighted by Crippen LogP contribution is 2.24. The summed E-state index contributed by atoms with van der Waals surface area (Å²) in [5, 5.41) is 11.0. The fourth-order valence-corrected chi connectivity index (χ4v) is 3.51. The minimum Gasteiger partial charge on any atom is -0.491 e. The summed E-state index contributed by atoms with van der Waals surface area (Å²) < 4.78 is 16.8. The van der Waals surface area contributed by atoms with Crippen LogP contribution in [0.25, 0.3) is 0 Å². The number of rotatable bonds is 10. The van der Waals surface area contributed by atoms with Crippen molar-refractivity contribution in [2.45, 2.75) is 31.9 Å². The zero-order valence-corrected chi connectivity index (χ0v) is 16.7. The molecule has 152 valence electrons. The van der Waals surface area contributed by atoms with Crippen molar-refractivity contribution >= 4 is 0 Å². The highest BCUT2D eigenvalue weighted by atomic mass is 16.5. The predicted molar refractivity (Wildman–Crippen MR) is 110 cm³/mol. The fourth-order valence-electron chi connectivity index (χ4n) is 3.51. The summed E-state index contributed by atoms with van der Waals surface area (Å²) in [6.07, 6.45) is 1.73. The Balaban J connectivity index is 1.47. The molecule has 0 amide bonds. The van der Waals surface area contributed by atoms with Gasteiger partial charge in [0.05, 0.1) is 6.61 Å². The second-order valence-electron chi connectivity index (χ2n) is 7.33. The van der Waals surface area contributed by atoms with E-state index in [1.54, 1.807) is 0 Å². The van der Waals surface area contributed by atoms with Crippen LogP contribution in [0, 0.1) is 0 Å². The van der Waals surface area contributed by atoms with Crippen LogP contribution in [-0.2, 0) is 11.3 Å². The van der Waals surface area contributed by atoms with Gasteiger partial charge in [0.1, 0.15) is 30.3 Å². The molecule has 1 saturated heterocycles. The molecule has 1 atom stereocenters. The van der Waals surface area contributed by atoms with Crippen LogP contribution in [-0.4, -0.2) is 55.1 Å². The molecule has 1 aliphatic rings. The Morgan fingerprint density at radius 3 is 2.46 bits per heavy atom. The van der Waals surface area contributed by atoms with E-state index < -0.39 is 5.60 Å². The molecule has 0 radical (unpaired) electrons. The summed E-state index contributed by atoms with van der Waals surface area (Å²) in [4.78, 5) is 2.29. The molecule has 0 saturated carbocycles. The van der Waals surface area contributed by atoms with Crippen LogP contribution in [0.15, 0.2) is 54.6 Å². The molecule has 2 aromatic carbocycles. The minimum absolute atomic E-state index is 0.320. The fraction of sp³-hybridized carbons (Fsp3) is 0.478. The first kappa shape index (κ1) is 20.6. The molecule has 5 nitrogen and oxygen atoms in total. The molecule has 1 aliphatic heterocycles. The Kier molecular flexibility index (Phi) is 7.71. The summed E-state index contributed by atoms with van der Waals surface area (Å²) in [5.74, 6) is 1.66. The lowest BCUT2D eigenvalue weighted by atomic mass is 9.93. The maximum Gasteiger partial charge on any atom is 0.119 e. The van der Waals surface area contributed by atoms with Gasteiger partial charge in [0.15, 0.2) is 0 Å². The maximum absolute atomic E-state index is 11.0. The number of ether oxygens (including phenoxy) is 3. The van der Waals surface area contributed by atoms with Gasteiger partial charge in [-0.2, -0.15) is 0 Å². The van der Waals surface area contributed by atoms with Crippen LogP contribution in [0.5, 0.6) is 11.5 Å². The van der Waals surface area contributed by atoms with Crippen LogP contribution in [0.4, 0.5) is 0 Å². The number of likely N-dealkylation sites (tertiary alicyclic amines) is 1. The third-order valence-corrected chi connectivity index (χ3v) is 4.92. The second kappa shape index (κ2) is 10.5. The number of benzene rings is 2. The van der Waals surface area contributed by atoms with Crippen molar-refractivity contribution in [3.05, 3.63) is 60.2 Å². The van der Waals surface area contributed by atoms with Crippen LogP contribution in [0.2, 0.25) is 0 Å². The van der Waals surface area contributed by atoms with Gasteiger partial charge in [-0.25, -0.2) is 0 Å². The third kappa shape index (κ3) is 6.51. The van der Waals surface area contributed by atoms with E-state index in [1.807, 2.05) is 49.4 Å². The van der Waals surface area contributed by atoms with E-state index in [4.69, 9.17) is 14.2 Å². The maximum atomic E-state index is 11.0. The Hall–Kier alpha value is -2.08. The molecule has 0 aromatic heterocycles. The highest BCUT2D eigenvalue weighted by Gasteiger charge is 2.34. The molecule has 0 spiro atoms. The van der Waals surface area contributed by atoms with Crippen molar-refractivity contribution in [3.63, 3.8) is 0 Å². The number of hydrogen-bond acceptors (Lipinski definition) is 5. The van der Waals surface area contributed by atoms with Gasteiger partial charge in [0, 0.05) is 19.7 Å². The van der Waals surface area contributed by atoms with Crippen LogP contribution in [0.1, 0.15) is 25.3 Å². The van der Waals surface area contributed by atoms with Gasteiger partial charge in [-0.15, -0.1) is 0 Å². The van der Waals surface area contributed by atoms with E-state index in [0.717, 1.165) is 37.4 Å². The monoisotopic (exact) mass is 385 g/mol. The number of nitrogens with zero attached hydrogens (tertiary/aromatic N) is 1. The quantitative estimate of drug-likeness (QED) is 0.635. The van der Waals surface area contributed by atoms with E-state index in [1.165, 1.54) is 5.56 Å². The highest BCUT2D eigenvalue weighted by molar-refractivity contribution is 5.27. The van der Waals surface area contributed by atoms with E-state index in [9.17, 15) is 5.11 Å². The summed E-state index contributed by atoms with van der Waals surface area (Å²) >= 11 is 0. The van der Waals surface area contributed by atoms with Crippen LogP contribution >= 0.6 is 0 Å². The van der Waals surface area contributed by atoms with Gasteiger partial charge in [0.2, 0.25) is 0 Å². The summed E-state index contributed by atoms with van der Waals surface area (Å²) in [6.45, 7) is 6.59. The Morgan fingerprint density at radius 2 is 1.71 bits per heavy atom. The molecule has 1 N–H and O–H groups in total. The van der Waals surface area contributed by atoms with Gasteiger partial charge in [0.25, 0.3) is 0 Å². The molecule has 1 fully saturated rings. The van der Waals surface area contributed by atoms with Gasteiger partial charge >= 0.3 is 0 Å². The topological polar surface area (TPSA) is 51.2 Å². The number of β-amino-alcohol motifs (C(OH)–C–C–N with tert-alkyl or cyclic N) is 1. The van der Waals surface area contributed by atoms with Crippen molar-refractivity contribution in [2.75, 3.05) is 39.5 Å². The molecule has 28 heavy (non-hydrogen) atoms. The van der Waals surface area contributed by atoms with E-state index in [-0.39, 0.29) is 0 Å². The second-order valence-corrected chi connectivity index (χ2v) is 7.33. The standard InChI is InChI=1S/C23H31NO4/c1-2-26-15-16-27-22-11-9-20(10-12-22)17-24-14-6-13-23(25,18-24)19-28-21-7-4-3-5-8-21/h3-5,7-12,25H,2,6,13-19H2,1H3/t23-/m0/s1. The zero-order valence-electron chi connectivity index (χ0n) is 16.7. The van der Waals surface area contributed by atoms with E-state index in [0.29, 0.717) is 33.0 Å². The lowest BCUT2D eigenvalue weighted by molar-refractivity contribution is -0.0621. The lowest BCUT2D eigenvalue weighted by Crippen LogP contribution is -2.51. The van der Waals surface area contributed by atoms with E-state index >= 15 is 0 Å². The number of para-hydroxylation sites is 1. The molecule has 0 bridgehead atoms. The van der Waals surface area contributed by atoms with Crippen LogP contribution in [0.3, 0.4) is 0 Å². The minimum atomic E-state index is -0.809. The van der Waals surface area contributed by atoms with Crippen molar-refractivity contribution in [2.24, 2.45) is 0 Å². The van der Waals surface area contributed by atoms with Crippen molar-refractivity contribution in [1.82, 2.24) is 4.90 Å². The van der Waals surface area contributed by atoms with Gasteiger partial charge in [-0.1, -0.05) is 30.3 Å². The average molecular weight is 386 g/mol. The van der Waals surface area contributed by atoms with Crippen molar-refractivity contribution < 1.29 is 19.3 Å². The lowest BCUT2D eigenvalue weighted by Gasteiger charge is -2.39. The SMILES string of the molecule is CCOCCOc1ccc(CN2CCC[C@@](O)(COc3ccccc3)C2)cc1. The first-order chi connectivity index (χ1) is 13.7. The molecule has 0 aliphatic carbocycles. The number of piperidine rings is 1. The number of aliphatic hydroxyl groups is 1. The van der Waals surface area contributed by atoms with E-state index in [2.05, 4.69) is 17.0 Å². The normalized spacial score (nSPS) is 20.1. The van der Waals surface area contributed by atoms with Crippen molar-refractivity contribution in [3.8, 4) is 11.5 Å². The largest absolute Gasteiger partial charge is 0.491 e. The smallest absolute Gasteiger partial charge is 0.119 e. The summed E-state index contributed by atoms with van der Waals surface area (Å²) in [7, 11) is 0. The Labute approximate surface area is 167 Å². The zero-order chi connectivity index (χ0) is 19.7. The first-order valence-electron chi connectivity index (χ1n) is 10.1.